The average molecular weight is 1080 g/mol. The van der Waals surface area contributed by atoms with Crippen LogP contribution in [0.3, 0.4) is 0 Å². The molecule has 36 heteroatoms. The number of hydrogen-bond donors (Lipinski definition) is 2. The molecule has 0 heterocycles. The van der Waals surface area contributed by atoms with Gasteiger partial charge in [-0.05, 0) is 54.3 Å². The molecule has 3 N–H and O–H groups in total. The fourth-order valence-corrected chi connectivity index (χ4v) is 9.41. The van der Waals surface area contributed by atoms with Crippen molar-refractivity contribution in [3.63, 3.8) is 0 Å². The van der Waals surface area contributed by atoms with Crippen LogP contribution in [0.5, 0.6) is 17.2 Å². The molecule has 0 atom stereocenters. The molecule has 26 nitrogen and oxygen atoms in total. The second kappa shape index (κ2) is 29.9. The van der Waals surface area contributed by atoms with E-state index in [0.717, 1.165) is 43.5 Å². The smallest absolute Gasteiger partial charge is 0.744 e. The maximum absolute atomic E-state index is 13.0. The number of nitrogens with two attached hydrogens (primary N) is 1. The summed E-state index contributed by atoms with van der Waals surface area (Å²) < 4.78 is 149. The standard InChI is InChI=1S/C29H31N5O21S6.CH4.4Na/c1-15-10-18(21(49-3)14-23(15)59(40,41)8-6-50-57-55-53-37)31-33-27-22(56-54-52-36)11-16-12-24(60(42,43)44)28(26(30)25(16)29(27)35)34-32-19-13-17(4-5-20(19)48-2)58(38,39)9-7-51-61(45,46)47;;;;;/h4-5,10-14,35-37H,6-9,30H2,1-3H3,(H,42,43,44)(H,45,46,47);1H4;;;;/q;;4*+1/p-4. The first-order chi connectivity index (χ1) is 28.6. The fourth-order valence-electron chi connectivity index (χ4n) is 5.08. The van der Waals surface area contributed by atoms with Crippen molar-refractivity contribution in [1.82, 2.24) is 0 Å². The van der Waals surface area contributed by atoms with E-state index in [4.69, 9.17) is 19.4 Å². The zero-order valence-corrected chi connectivity index (χ0v) is 47.7. The molecule has 66 heavy (non-hydrogen) atoms. The van der Waals surface area contributed by atoms with Gasteiger partial charge in [0.25, 0.3) is 0 Å². The van der Waals surface area contributed by atoms with Crippen molar-refractivity contribution < 1.29 is 213 Å². The van der Waals surface area contributed by atoms with Gasteiger partial charge >= 0.3 is 118 Å². The van der Waals surface area contributed by atoms with E-state index < -0.39 is 109 Å². The quantitative estimate of drug-likeness (QED) is 0.00849. The zero-order valence-electron chi connectivity index (χ0n) is 34.8. The summed E-state index contributed by atoms with van der Waals surface area (Å²) in [6, 6.07) is 7.15. The molecule has 0 radical (unpaired) electrons. The van der Waals surface area contributed by atoms with Crippen molar-refractivity contribution in [3.05, 3.63) is 48.0 Å². The molecular formula is C30H31N5Na4O21S6. The van der Waals surface area contributed by atoms with Crippen molar-refractivity contribution in [2.24, 2.45) is 20.5 Å². The molecule has 4 rings (SSSR count). The summed E-state index contributed by atoms with van der Waals surface area (Å²) in [5.41, 5.74) is 3.84. The number of sulfone groups is 2. The van der Waals surface area contributed by atoms with E-state index in [1.165, 1.54) is 20.1 Å². The zero-order chi connectivity index (χ0) is 45.3. The number of rotatable bonds is 22. The summed E-state index contributed by atoms with van der Waals surface area (Å²) in [7, 11) is -16.8. The van der Waals surface area contributed by atoms with Crippen LogP contribution in [-0.4, -0.2) is 86.8 Å². The minimum absolute atomic E-state index is 0. The van der Waals surface area contributed by atoms with Crippen LogP contribution in [0.25, 0.3) is 10.8 Å². The number of nitrogens with zero attached hydrogens (tertiary/aromatic N) is 4. The molecule has 0 aromatic heterocycles. The molecule has 0 amide bonds. The normalized spacial score (nSPS) is 11.9. The van der Waals surface area contributed by atoms with Gasteiger partial charge in [-0.25, -0.2) is 33.7 Å². The van der Waals surface area contributed by atoms with Gasteiger partial charge in [-0.2, -0.15) is 4.33 Å². The molecule has 0 saturated heterocycles. The van der Waals surface area contributed by atoms with E-state index >= 15 is 0 Å². The van der Waals surface area contributed by atoms with Crippen LogP contribution >= 0.6 is 24.4 Å². The van der Waals surface area contributed by atoms with E-state index in [1.54, 1.807) is 0 Å². The van der Waals surface area contributed by atoms with Gasteiger partial charge in [0.15, 0.2) is 37.7 Å². The first kappa shape index (κ1) is 67.7. The predicted octanol–water partition coefficient (Wildman–Crippen LogP) is -9.10. The van der Waals surface area contributed by atoms with Crippen LogP contribution in [0.4, 0.5) is 28.4 Å². The van der Waals surface area contributed by atoms with Gasteiger partial charge in [-0.15, -0.1) is 24.8 Å². The van der Waals surface area contributed by atoms with Gasteiger partial charge in [0.1, 0.15) is 44.4 Å². The third-order valence-electron chi connectivity index (χ3n) is 7.69. The second-order valence-electron chi connectivity index (χ2n) is 11.4. The number of phenols is 1. The molecular weight excluding hydrogens is 1050 g/mol. The van der Waals surface area contributed by atoms with Crippen molar-refractivity contribution in [2.45, 2.75) is 33.9 Å². The molecule has 4 aromatic rings. The predicted molar refractivity (Wildman–Crippen MR) is 207 cm³/mol. The number of hydrogen-bond acceptors (Lipinski definition) is 28. The first-order valence-electron chi connectivity index (χ1n) is 15.8. The minimum atomic E-state index is -5.48. The van der Waals surface area contributed by atoms with E-state index in [0.29, 0.717) is 0 Å². The molecule has 0 saturated carbocycles. The van der Waals surface area contributed by atoms with Crippen LogP contribution in [0.2, 0.25) is 0 Å². The number of phenolic OH excluding ortho intramolecular Hbond substituents is 1. The SMILES string of the molecule is C.COc1ccc(S(=O)(=O)CCOS(=O)(=O)[O-])cc1N=Nc1c(S(=O)(=O)[O-])cc2cc(SOO[O-])c(N=Nc3cc(C)c(S(=O)(=O)CCOSOO[O-])cc3OC)c(O)c2c1N.[Na+].[Na+].[Na+].[Na+]. The number of fused-ring (bicyclic) bond motifs is 1. The Morgan fingerprint density at radius 1 is 0.712 bits per heavy atom. The molecule has 0 aliphatic carbocycles. The van der Waals surface area contributed by atoms with Crippen molar-refractivity contribution in [3.8, 4) is 17.2 Å². The Kier molecular flexibility index (Phi) is 30.6. The number of anilines is 1. The van der Waals surface area contributed by atoms with Crippen LogP contribution in [-0.2, 0) is 67.3 Å². The molecule has 0 spiro atoms. The van der Waals surface area contributed by atoms with Crippen molar-refractivity contribution in [2.75, 3.05) is 44.7 Å². The van der Waals surface area contributed by atoms with E-state index in [1.807, 2.05) is 0 Å². The van der Waals surface area contributed by atoms with Crippen LogP contribution in [0, 0.1) is 6.92 Å². The number of benzene rings is 4. The van der Waals surface area contributed by atoms with Crippen LogP contribution in [0.1, 0.15) is 13.0 Å². The van der Waals surface area contributed by atoms with Gasteiger partial charge in [-0.3, -0.25) is 18.4 Å². The number of aromatic hydroxyl groups is 1. The topological polar surface area (TPSA) is 398 Å². The molecule has 4 aromatic carbocycles. The van der Waals surface area contributed by atoms with Crippen molar-refractivity contribution in [1.29, 1.82) is 0 Å². The van der Waals surface area contributed by atoms with Crippen LogP contribution in [0.15, 0.2) is 82.5 Å². The average Bonchev–Trinajstić information content (AvgIpc) is 3.17. The maximum Gasteiger partial charge on any atom is 1.00 e. The maximum atomic E-state index is 13.0. The second-order valence-corrected chi connectivity index (χ2v) is 19.2. The number of azo groups is 2. The Bertz CT molecular complexity index is 2810. The van der Waals surface area contributed by atoms with E-state index in [9.17, 15) is 58.4 Å². The Morgan fingerprint density at radius 2 is 1.29 bits per heavy atom. The van der Waals surface area contributed by atoms with Gasteiger partial charge in [-0.1, -0.05) is 7.43 Å². The fraction of sp³-hybridized carbons (Fsp3) is 0.267. The number of methoxy groups -OCH3 is 2. The summed E-state index contributed by atoms with van der Waals surface area (Å²) in [4.78, 5) is -2.11. The monoisotopic (exact) mass is 1080 g/mol. The van der Waals surface area contributed by atoms with Crippen LogP contribution < -0.4 is 144 Å². The van der Waals surface area contributed by atoms with E-state index in [-0.39, 0.29) is 188 Å². The number of ether oxygens (including phenoxy) is 2. The molecule has 0 unspecified atom stereocenters. The first-order valence-corrected chi connectivity index (χ1v) is 23.3. The summed E-state index contributed by atoms with van der Waals surface area (Å²) in [6.45, 7) is -0.0428. The van der Waals surface area contributed by atoms with Gasteiger partial charge in [0.05, 0.1) is 81.6 Å². The Labute approximate surface area is 475 Å². The largest absolute Gasteiger partial charge is 1.00 e. The summed E-state index contributed by atoms with van der Waals surface area (Å²) >= 11 is 0.267. The third kappa shape index (κ3) is 18.4. The van der Waals surface area contributed by atoms with Gasteiger partial charge in [0.2, 0.25) is 10.4 Å². The summed E-state index contributed by atoms with van der Waals surface area (Å²) in [5.74, 6) is -2.73. The number of aryl methyl sites for hydroxylation is 1. The summed E-state index contributed by atoms with van der Waals surface area (Å²) in [6.07, 6.45) is 0. The summed E-state index contributed by atoms with van der Waals surface area (Å²) in [5, 5.41) is 53.7. The van der Waals surface area contributed by atoms with Gasteiger partial charge < -0.3 is 39.9 Å². The van der Waals surface area contributed by atoms with Crippen molar-refractivity contribution >= 4 is 104 Å². The third-order valence-corrected chi connectivity index (χ3v) is 13.5. The Morgan fingerprint density at radius 3 is 1.85 bits per heavy atom. The minimum Gasteiger partial charge on any atom is -0.744 e. The van der Waals surface area contributed by atoms with E-state index in [2.05, 4.69) is 43.4 Å². The Hall–Kier alpha value is -0.360. The molecule has 0 aliphatic rings. The molecule has 0 aliphatic heterocycles. The molecule has 0 bridgehead atoms. The Balaban J connectivity index is 0. The molecule has 342 valence electrons. The van der Waals surface area contributed by atoms with Gasteiger partial charge in [0, 0.05) is 6.07 Å². The molecule has 0 fully saturated rings. The number of nitrogen functional groups attached to an aromatic ring is 1.